The maximum Gasteiger partial charge on any atom is 0.124 e. The number of alkyl halides is 1. The molecule has 16 heavy (non-hydrogen) atoms. The average molecular weight is 241 g/mol. The average Bonchev–Trinajstić information content (AvgIpc) is 2.33. The lowest BCUT2D eigenvalue weighted by atomic mass is 9.90. The number of rotatable bonds is 2. The van der Waals surface area contributed by atoms with Gasteiger partial charge in [0.05, 0.1) is 13.2 Å². The van der Waals surface area contributed by atoms with Gasteiger partial charge in [-0.05, 0) is 12.5 Å². The molecule has 1 aromatic carbocycles. The smallest absolute Gasteiger partial charge is 0.124 e. The Hall–Kier alpha value is -0.730. The molecule has 0 unspecified atom stereocenters. The van der Waals surface area contributed by atoms with E-state index in [2.05, 4.69) is 13.0 Å². The first-order valence-electron chi connectivity index (χ1n) is 5.62. The van der Waals surface area contributed by atoms with Crippen LogP contribution in [-0.2, 0) is 4.74 Å². The Morgan fingerprint density at radius 1 is 1.38 bits per heavy atom. The van der Waals surface area contributed by atoms with Crippen molar-refractivity contribution in [3.63, 3.8) is 0 Å². The highest BCUT2D eigenvalue weighted by Crippen LogP contribution is 2.39. The highest BCUT2D eigenvalue weighted by atomic mass is 35.5. The molecule has 0 radical (unpaired) electrons. The zero-order valence-electron chi connectivity index (χ0n) is 9.65. The zero-order chi connectivity index (χ0) is 11.5. The molecular weight excluding hydrogens is 224 g/mol. The van der Waals surface area contributed by atoms with Crippen molar-refractivity contribution in [2.75, 3.05) is 13.7 Å². The summed E-state index contributed by atoms with van der Waals surface area (Å²) in [5, 5.41) is 0.184. The Balaban J connectivity index is 2.28. The number of hydrogen-bond acceptors (Lipinski definition) is 2. The highest BCUT2D eigenvalue weighted by Gasteiger charge is 2.32. The minimum absolute atomic E-state index is 0.0485. The van der Waals surface area contributed by atoms with Gasteiger partial charge in [-0.15, -0.1) is 11.6 Å². The molecule has 1 heterocycles. The lowest BCUT2D eigenvalue weighted by Gasteiger charge is -2.33. The third-order valence-corrected chi connectivity index (χ3v) is 3.80. The van der Waals surface area contributed by atoms with Crippen molar-refractivity contribution in [2.24, 2.45) is 5.92 Å². The Morgan fingerprint density at radius 3 is 2.88 bits per heavy atom. The molecule has 1 fully saturated rings. The largest absolute Gasteiger partial charge is 0.496 e. The molecule has 3 heteroatoms. The summed E-state index contributed by atoms with van der Waals surface area (Å²) in [4.78, 5) is 0. The summed E-state index contributed by atoms with van der Waals surface area (Å²) in [6.07, 6.45) is 0.973. The minimum atomic E-state index is 0.0485. The molecule has 0 amide bonds. The molecule has 0 spiro atoms. The van der Waals surface area contributed by atoms with E-state index in [-0.39, 0.29) is 11.5 Å². The number of halogens is 1. The van der Waals surface area contributed by atoms with Gasteiger partial charge in [0, 0.05) is 23.5 Å². The number of benzene rings is 1. The quantitative estimate of drug-likeness (QED) is 0.738. The van der Waals surface area contributed by atoms with Crippen LogP contribution < -0.4 is 4.74 Å². The fourth-order valence-corrected chi connectivity index (χ4v) is 2.41. The minimum Gasteiger partial charge on any atom is -0.496 e. The van der Waals surface area contributed by atoms with E-state index in [1.54, 1.807) is 7.11 Å². The van der Waals surface area contributed by atoms with E-state index in [4.69, 9.17) is 21.1 Å². The van der Waals surface area contributed by atoms with E-state index in [9.17, 15) is 0 Å². The Morgan fingerprint density at radius 2 is 2.12 bits per heavy atom. The molecule has 0 aromatic heterocycles. The third kappa shape index (κ3) is 2.18. The lowest BCUT2D eigenvalue weighted by molar-refractivity contribution is -0.0207. The number of hydrogen-bond donors (Lipinski definition) is 0. The van der Waals surface area contributed by atoms with Gasteiger partial charge in [0.1, 0.15) is 5.75 Å². The molecule has 0 aliphatic carbocycles. The van der Waals surface area contributed by atoms with Crippen LogP contribution in [0.2, 0.25) is 0 Å². The summed E-state index contributed by atoms with van der Waals surface area (Å²) in [5.74, 6) is 1.19. The van der Waals surface area contributed by atoms with Crippen molar-refractivity contribution in [3.8, 4) is 5.75 Å². The van der Waals surface area contributed by atoms with Gasteiger partial charge >= 0.3 is 0 Å². The summed E-state index contributed by atoms with van der Waals surface area (Å²) in [6.45, 7) is 2.86. The van der Waals surface area contributed by atoms with Gasteiger partial charge in [-0.3, -0.25) is 0 Å². The first kappa shape index (κ1) is 11.7. The lowest BCUT2D eigenvalue weighted by Crippen LogP contribution is -2.29. The summed E-state index contributed by atoms with van der Waals surface area (Å²) in [5.41, 5.74) is 1.10. The predicted octanol–water partition coefficient (Wildman–Crippen LogP) is 3.40. The second-order valence-corrected chi connectivity index (χ2v) is 4.76. The predicted molar refractivity (Wildman–Crippen MR) is 65.1 cm³/mol. The Labute approximate surface area is 102 Å². The van der Waals surface area contributed by atoms with Gasteiger partial charge in [-0.2, -0.15) is 0 Å². The van der Waals surface area contributed by atoms with Gasteiger partial charge in [0.25, 0.3) is 0 Å². The molecule has 1 saturated heterocycles. The molecule has 0 N–H and O–H groups in total. The van der Waals surface area contributed by atoms with E-state index >= 15 is 0 Å². The molecule has 0 bridgehead atoms. The molecule has 1 aromatic rings. The highest BCUT2D eigenvalue weighted by molar-refractivity contribution is 6.20. The topological polar surface area (TPSA) is 18.5 Å². The van der Waals surface area contributed by atoms with E-state index in [1.807, 2.05) is 18.2 Å². The molecule has 1 aliphatic heterocycles. The molecule has 2 rings (SSSR count). The number of para-hydroxylation sites is 1. The first-order chi connectivity index (χ1) is 7.74. The van der Waals surface area contributed by atoms with Crippen LogP contribution in [-0.4, -0.2) is 19.1 Å². The van der Waals surface area contributed by atoms with Crippen molar-refractivity contribution in [1.82, 2.24) is 0 Å². The summed E-state index contributed by atoms with van der Waals surface area (Å²) < 4.78 is 11.2. The Kier molecular flexibility index (Phi) is 3.72. The summed E-state index contributed by atoms with van der Waals surface area (Å²) in [6, 6.07) is 7.98. The van der Waals surface area contributed by atoms with Crippen LogP contribution in [0.3, 0.4) is 0 Å². The van der Waals surface area contributed by atoms with Gasteiger partial charge in [-0.1, -0.05) is 25.1 Å². The zero-order valence-corrected chi connectivity index (χ0v) is 10.4. The third-order valence-electron chi connectivity index (χ3n) is 3.18. The maximum atomic E-state index is 6.29. The van der Waals surface area contributed by atoms with Crippen molar-refractivity contribution in [3.05, 3.63) is 29.8 Å². The standard InChI is InChI=1S/C13H17ClO2/c1-9-11(14)7-8-16-13(9)10-5-3-4-6-12(10)15-2/h3-6,9,11,13H,7-8H2,1-2H3/t9-,11+,13-/m1/s1. The van der Waals surface area contributed by atoms with Gasteiger partial charge < -0.3 is 9.47 Å². The van der Waals surface area contributed by atoms with Crippen molar-refractivity contribution in [2.45, 2.75) is 24.8 Å². The van der Waals surface area contributed by atoms with E-state index < -0.39 is 0 Å². The normalized spacial score (nSPS) is 30.1. The van der Waals surface area contributed by atoms with Gasteiger partial charge in [0.2, 0.25) is 0 Å². The van der Waals surface area contributed by atoms with Gasteiger partial charge in [-0.25, -0.2) is 0 Å². The van der Waals surface area contributed by atoms with Crippen molar-refractivity contribution in [1.29, 1.82) is 0 Å². The van der Waals surface area contributed by atoms with Crippen LogP contribution in [0.5, 0.6) is 5.75 Å². The summed E-state index contributed by atoms with van der Waals surface area (Å²) >= 11 is 6.29. The summed E-state index contributed by atoms with van der Waals surface area (Å²) in [7, 11) is 1.69. The number of methoxy groups -OCH3 is 1. The van der Waals surface area contributed by atoms with Crippen LogP contribution in [0.15, 0.2) is 24.3 Å². The van der Waals surface area contributed by atoms with Crippen LogP contribution in [0.1, 0.15) is 25.0 Å². The van der Waals surface area contributed by atoms with Gasteiger partial charge in [0.15, 0.2) is 0 Å². The van der Waals surface area contributed by atoms with Crippen LogP contribution in [0.4, 0.5) is 0 Å². The van der Waals surface area contributed by atoms with Crippen LogP contribution in [0, 0.1) is 5.92 Å². The van der Waals surface area contributed by atoms with E-state index in [0.29, 0.717) is 5.92 Å². The monoisotopic (exact) mass is 240 g/mol. The second-order valence-electron chi connectivity index (χ2n) is 4.20. The first-order valence-corrected chi connectivity index (χ1v) is 6.06. The maximum absolute atomic E-state index is 6.29. The molecule has 0 saturated carbocycles. The molecule has 88 valence electrons. The van der Waals surface area contributed by atoms with Crippen molar-refractivity contribution < 1.29 is 9.47 Å². The fourth-order valence-electron chi connectivity index (χ4n) is 2.19. The molecular formula is C13H17ClO2. The SMILES string of the molecule is COc1ccccc1[C@@H]1OCC[C@H](Cl)[C@H]1C. The van der Waals surface area contributed by atoms with Crippen LogP contribution >= 0.6 is 11.6 Å². The molecule has 1 aliphatic rings. The Bertz CT molecular complexity index is 354. The van der Waals surface area contributed by atoms with E-state index in [1.165, 1.54) is 0 Å². The van der Waals surface area contributed by atoms with E-state index in [0.717, 1.165) is 24.3 Å². The van der Waals surface area contributed by atoms with Crippen LogP contribution in [0.25, 0.3) is 0 Å². The fraction of sp³-hybridized carbons (Fsp3) is 0.538. The van der Waals surface area contributed by atoms with Crippen molar-refractivity contribution >= 4 is 11.6 Å². The molecule has 2 nitrogen and oxygen atoms in total. The number of ether oxygens (including phenoxy) is 2. The second kappa shape index (κ2) is 5.07. The molecule has 3 atom stereocenters.